The number of ether oxygens (including phenoxy) is 2. The van der Waals surface area contributed by atoms with E-state index in [1.807, 2.05) is 43.3 Å². The lowest BCUT2D eigenvalue weighted by molar-refractivity contribution is 0.354. The van der Waals surface area contributed by atoms with Crippen molar-refractivity contribution in [1.82, 2.24) is 15.6 Å². The van der Waals surface area contributed by atoms with Crippen molar-refractivity contribution >= 4 is 29.9 Å². The number of aliphatic imine (C=N–C) groups is 1. The molecule has 1 heterocycles. The van der Waals surface area contributed by atoms with Crippen LogP contribution in [-0.4, -0.2) is 38.8 Å². The molecule has 0 saturated heterocycles. The third-order valence-electron chi connectivity index (χ3n) is 3.76. The van der Waals surface area contributed by atoms with Crippen LogP contribution in [0.2, 0.25) is 0 Å². The fraction of sp³-hybridized carbons (Fsp3) is 0.368. The van der Waals surface area contributed by atoms with E-state index in [0.717, 1.165) is 41.8 Å². The molecule has 0 bridgehead atoms. The highest BCUT2D eigenvalue weighted by Crippen LogP contribution is 2.27. The summed E-state index contributed by atoms with van der Waals surface area (Å²) >= 11 is 0. The highest BCUT2D eigenvalue weighted by molar-refractivity contribution is 14.0. The molecule has 142 valence electrons. The molecule has 6 nitrogen and oxygen atoms in total. The van der Waals surface area contributed by atoms with Crippen molar-refractivity contribution in [3.05, 3.63) is 53.3 Å². The van der Waals surface area contributed by atoms with Crippen molar-refractivity contribution in [2.45, 2.75) is 19.9 Å². The van der Waals surface area contributed by atoms with Crippen molar-refractivity contribution < 1.29 is 9.47 Å². The monoisotopic (exact) mass is 470 g/mol. The molecule has 0 fully saturated rings. The number of halogens is 1. The first kappa shape index (κ1) is 22.0. The van der Waals surface area contributed by atoms with Crippen LogP contribution in [0.15, 0.2) is 41.4 Å². The summed E-state index contributed by atoms with van der Waals surface area (Å²) in [6, 6.07) is 11.9. The minimum atomic E-state index is 0. The molecule has 0 aliphatic heterocycles. The second kappa shape index (κ2) is 11.6. The standard InChI is InChI=1S/C19H26N4O2.HI/c1-14-6-5-7-16(23-14)13-22-19(20-2)21-11-10-15-8-9-17(24-3)18(12-15)25-4;/h5-9,12H,10-11,13H2,1-4H3,(H2,20,21,22);1H. The largest absolute Gasteiger partial charge is 0.493 e. The van der Waals surface area contributed by atoms with E-state index in [1.54, 1.807) is 21.3 Å². The van der Waals surface area contributed by atoms with Gasteiger partial charge in [0.15, 0.2) is 17.5 Å². The van der Waals surface area contributed by atoms with Crippen LogP contribution in [0, 0.1) is 6.92 Å². The van der Waals surface area contributed by atoms with Crippen LogP contribution in [0.1, 0.15) is 17.0 Å². The summed E-state index contributed by atoms with van der Waals surface area (Å²) < 4.78 is 10.6. The lowest BCUT2D eigenvalue weighted by Gasteiger charge is -2.13. The molecule has 1 aromatic carbocycles. The van der Waals surface area contributed by atoms with Crippen LogP contribution >= 0.6 is 24.0 Å². The number of benzene rings is 1. The number of nitrogens with one attached hydrogen (secondary N) is 2. The molecule has 0 radical (unpaired) electrons. The van der Waals surface area contributed by atoms with Crippen molar-refractivity contribution in [3.8, 4) is 11.5 Å². The number of methoxy groups -OCH3 is 2. The molecule has 2 N–H and O–H groups in total. The van der Waals surface area contributed by atoms with Gasteiger partial charge in [0, 0.05) is 19.3 Å². The maximum Gasteiger partial charge on any atom is 0.191 e. The van der Waals surface area contributed by atoms with Gasteiger partial charge in [0.2, 0.25) is 0 Å². The van der Waals surface area contributed by atoms with Gasteiger partial charge < -0.3 is 20.1 Å². The number of nitrogens with zero attached hydrogens (tertiary/aromatic N) is 2. The average molecular weight is 470 g/mol. The van der Waals surface area contributed by atoms with Crippen LogP contribution in [0.4, 0.5) is 0 Å². The summed E-state index contributed by atoms with van der Waals surface area (Å²) in [5.41, 5.74) is 3.17. The molecule has 0 amide bonds. The van der Waals surface area contributed by atoms with Crippen molar-refractivity contribution in [1.29, 1.82) is 0 Å². The average Bonchev–Trinajstić information content (AvgIpc) is 2.64. The van der Waals surface area contributed by atoms with E-state index in [-0.39, 0.29) is 24.0 Å². The zero-order valence-corrected chi connectivity index (χ0v) is 18.0. The maximum atomic E-state index is 5.33. The van der Waals surface area contributed by atoms with Crippen LogP contribution < -0.4 is 20.1 Å². The first-order valence-corrected chi connectivity index (χ1v) is 8.24. The molecule has 0 spiro atoms. The summed E-state index contributed by atoms with van der Waals surface area (Å²) in [7, 11) is 5.04. The van der Waals surface area contributed by atoms with Crippen molar-refractivity contribution in [2.75, 3.05) is 27.8 Å². The topological polar surface area (TPSA) is 67.8 Å². The van der Waals surface area contributed by atoms with Gasteiger partial charge in [-0.2, -0.15) is 0 Å². The quantitative estimate of drug-likeness (QED) is 0.370. The van der Waals surface area contributed by atoms with Gasteiger partial charge >= 0.3 is 0 Å². The predicted molar refractivity (Wildman–Crippen MR) is 116 cm³/mol. The van der Waals surface area contributed by atoms with Gasteiger partial charge in [-0.1, -0.05) is 12.1 Å². The first-order valence-electron chi connectivity index (χ1n) is 8.24. The van der Waals surface area contributed by atoms with E-state index in [1.165, 1.54) is 5.56 Å². The van der Waals surface area contributed by atoms with E-state index >= 15 is 0 Å². The second-order valence-electron chi connectivity index (χ2n) is 5.56. The Kier molecular flexibility index (Phi) is 9.79. The SMILES string of the molecule is CN=C(NCCc1ccc(OC)c(OC)c1)NCc1cccc(C)n1.I. The Labute approximate surface area is 172 Å². The Morgan fingerprint density at radius 1 is 1.08 bits per heavy atom. The fourth-order valence-electron chi connectivity index (χ4n) is 2.45. The minimum absolute atomic E-state index is 0. The molecule has 0 saturated carbocycles. The van der Waals surface area contributed by atoms with E-state index in [4.69, 9.17) is 9.47 Å². The van der Waals surface area contributed by atoms with Crippen molar-refractivity contribution in [2.24, 2.45) is 4.99 Å². The lowest BCUT2D eigenvalue weighted by Crippen LogP contribution is -2.38. The molecule has 0 aliphatic carbocycles. The Bertz CT molecular complexity index is 722. The smallest absolute Gasteiger partial charge is 0.191 e. The number of hydrogen-bond donors (Lipinski definition) is 2. The van der Waals surface area contributed by atoms with Crippen LogP contribution in [0.25, 0.3) is 0 Å². The molecule has 0 unspecified atom stereocenters. The van der Waals surface area contributed by atoms with Gasteiger partial charge in [-0.15, -0.1) is 24.0 Å². The summed E-state index contributed by atoms with van der Waals surface area (Å²) in [4.78, 5) is 8.71. The molecular weight excluding hydrogens is 443 g/mol. The van der Waals surface area contributed by atoms with Gasteiger partial charge in [-0.05, 0) is 43.2 Å². The van der Waals surface area contributed by atoms with E-state index in [9.17, 15) is 0 Å². The fourth-order valence-corrected chi connectivity index (χ4v) is 2.45. The highest BCUT2D eigenvalue weighted by atomic mass is 127. The Hall–Kier alpha value is -2.03. The van der Waals surface area contributed by atoms with Crippen LogP contribution in [0.3, 0.4) is 0 Å². The van der Waals surface area contributed by atoms with E-state index in [2.05, 4.69) is 20.6 Å². The Morgan fingerprint density at radius 2 is 1.85 bits per heavy atom. The minimum Gasteiger partial charge on any atom is -0.493 e. The second-order valence-corrected chi connectivity index (χ2v) is 5.56. The molecule has 0 aliphatic rings. The number of hydrogen-bond acceptors (Lipinski definition) is 4. The van der Waals surface area contributed by atoms with Crippen molar-refractivity contribution in [3.63, 3.8) is 0 Å². The third-order valence-corrected chi connectivity index (χ3v) is 3.76. The van der Waals surface area contributed by atoms with Crippen LogP contribution in [0.5, 0.6) is 11.5 Å². The van der Waals surface area contributed by atoms with Gasteiger partial charge in [-0.3, -0.25) is 9.98 Å². The van der Waals surface area contributed by atoms with E-state index < -0.39 is 0 Å². The highest BCUT2D eigenvalue weighted by Gasteiger charge is 2.05. The molecule has 2 rings (SSSR count). The van der Waals surface area contributed by atoms with Gasteiger partial charge in [-0.25, -0.2) is 0 Å². The molecular formula is C19H27IN4O2. The zero-order chi connectivity index (χ0) is 18.1. The molecule has 26 heavy (non-hydrogen) atoms. The van der Waals surface area contributed by atoms with Gasteiger partial charge in [0.05, 0.1) is 26.5 Å². The number of aryl methyl sites for hydroxylation is 1. The zero-order valence-electron chi connectivity index (χ0n) is 15.7. The van der Waals surface area contributed by atoms with Gasteiger partial charge in [0.1, 0.15) is 0 Å². The Balaban J connectivity index is 0.00000338. The molecule has 0 atom stereocenters. The van der Waals surface area contributed by atoms with Gasteiger partial charge in [0.25, 0.3) is 0 Å². The summed E-state index contributed by atoms with van der Waals surface area (Å²) in [6.07, 6.45) is 0.851. The predicted octanol–water partition coefficient (Wildman–Crippen LogP) is 2.93. The molecule has 1 aromatic heterocycles. The van der Waals surface area contributed by atoms with E-state index in [0.29, 0.717) is 6.54 Å². The molecule has 7 heteroatoms. The molecule has 2 aromatic rings. The maximum absolute atomic E-state index is 5.33. The number of rotatable bonds is 7. The normalized spacial score (nSPS) is 10.7. The lowest BCUT2D eigenvalue weighted by atomic mass is 10.1. The number of pyridine rings is 1. The Morgan fingerprint density at radius 3 is 2.50 bits per heavy atom. The third kappa shape index (κ3) is 6.70. The van der Waals surface area contributed by atoms with Crippen LogP contribution in [-0.2, 0) is 13.0 Å². The first-order chi connectivity index (χ1) is 12.2. The number of aromatic nitrogens is 1. The summed E-state index contributed by atoms with van der Waals surface area (Å²) in [6.45, 7) is 3.38. The number of guanidine groups is 1. The summed E-state index contributed by atoms with van der Waals surface area (Å²) in [5.74, 6) is 2.24. The summed E-state index contributed by atoms with van der Waals surface area (Å²) in [5, 5.41) is 6.58.